The van der Waals surface area contributed by atoms with Crippen molar-refractivity contribution in [1.82, 2.24) is 0 Å². The van der Waals surface area contributed by atoms with Gasteiger partial charge in [0.15, 0.2) is 0 Å². The number of rotatable bonds is 4. The van der Waals surface area contributed by atoms with Gasteiger partial charge in [-0.2, -0.15) is 8.78 Å². The largest absolute Gasteiger partial charge is 0.322 e. The van der Waals surface area contributed by atoms with Crippen LogP contribution in [-0.4, -0.2) is 11.7 Å². The summed E-state index contributed by atoms with van der Waals surface area (Å²) in [6.45, 7) is 0. The Labute approximate surface area is 138 Å². The van der Waals surface area contributed by atoms with E-state index >= 15 is 0 Å². The average molecular weight is 393 g/mol. The predicted molar refractivity (Wildman–Crippen MR) is 85.4 cm³/mol. The Hall–Kier alpha value is -1.11. The van der Waals surface area contributed by atoms with Gasteiger partial charge in [-0.25, -0.2) is 0 Å². The monoisotopic (exact) mass is 391 g/mol. The zero-order chi connectivity index (χ0) is 15.4. The van der Waals surface area contributed by atoms with Gasteiger partial charge in [0.25, 0.3) is 11.7 Å². The molecule has 21 heavy (non-hydrogen) atoms. The lowest BCUT2D eigenvalue weighted by atomic mass is 10.2. The molecular formula is C14H9BrClF2NOS. The molecule has 1 amide bonds. The second kappa shape index (κ2) is 7.24. The predicted octanol–water partition coefficient (Wildman–Crippen LogP) is 5.67. The fourth-order valence-electron chi connectivity index (χ4n) is 1.56. The van der Waals surface area contributed by atoms with Crippen LogP contribution in [0.2, 0.25) is 5.02 Å². The molecule has 0 atom stereocenters. The third-order valence-corrected chi connectivity index (χ3v) is 4.46. The van der Waals surface area contributed by atoms with Gasteiger partial charge in [-0.1, -0.05) is 23.4 Å². The number of amides is 1. The van der Waals surface area contributed by atoms with Crippen molar-refractivity contribution in [3.63, 3.8) is 0 Å². The van der Waals surface area contributed by atoms with Crippen molar-refractivity contribution < 1.29 is 13.6 Å². The van der Waals surface area contributed by atoms with E-state index in [0.29, 0.717) is 37.4 Å². The number of carbonyl (C=O) groups excluding carboxylic acids is 1. The lowest BCUT2D eigenvalue weighted by Crippen LogP contribution is -2.11. The number of hydrogen-bond donors (Lipinski definition) is 1. The van der Waals surface area contributed by atoms with Crippen LogP contribution in [0.1, 0.15) is 10.4 Å². The quantitative estimate of drug-likeness (QED) is 0.679. The zero-order valence-electron chi connectivity index (χ0n) is 10.4. The molecule has 0 aliphatic rings. The number of hydrogen-bond acceptors (Lipinski definition) is 2. The average Bonchev–Trinajstić information content (AvgIpc) is 2.43. The maximum absolute atomic E-state index is 12.2. The molecule has 0 aliphatic carbocycles. The van der Waals surface area contributed by atoms with Crippen LogP contribution in [0, 0.1) is 0 Å². The maximum Gasteiger partial charge on any atom is 0.288 e. The molecule has 0 heterocycles. The van der Waals surface area contributed by atoms with Crippen LogP contribution < -0.4 is 5.32 Å². The fraction of sp³-hybridized carbons (Fsp3) is 0.0714. The Bertz CT molecular complexity index is 652. The number of thioether (sulfide) groups is 1. The molecule has 1 N–H and O–H groups in total. The van der Waals surface area contributed by atoms with Gasteiger partial charge in [-0.05, 0) is 58.4 Å². The summed E-state index contributed by atoms with van der Waals surface area (Å²) < 4.78 is 25.0. The highest BCUT2D eigenvalue weighted by atomic mass is 79.9. The minimum absolute atomic E-state index is 0.304. The van der Waals surface area contributed by atoms with E-state index in [4.69, 9.17) is 11.6 Å². The second-order valence-corrected chi connectivity index (χ2v) is 6.31. The van der Waals surface area contributed by atoms with E-state index in [1.807, 2.05) is 0 Å². The number of benzene rings is 2. The van der Waals surface area contributed by atoms with Gasteiger partial charge in [-0.3, -0.25) is 4.79 Å². The first-order valence-corrected chi connectivity index (χ1v) is 7.82. The van der Waals surface area contributed by atoms with Gasteiger partial charge in [0.1, 0.15) is 0 Å². The summed E-state index contributed by atoms with van der Waals surface area (Å²) in [6, 6.07) is 11.0. The minimum atomic E-state index is -2.46. The van der Waals surface area contributed by atoms with Gasteiger partial charge in [0.05, 0.1) is 5.02 Å². The van der Waals surface area contributed by atoms with E-state index in [1.165, 1.54) is 12.1 Å². The van der Waals surface area contributed by atoms with Crippen LogP contribution in [0.15, 0.2) is 51.8 Å². The van der Waals surface area contributed by atoms with Crippen molar-refractivity contribution in [2.75, 3.05) is 5.32 Å². The van der Waals surface area contributed by atoms with Gasteiger partial charge >= 0.3 is 0 Å². The number of carbonyl (C=O) groups is 1. The van der Waals surface area contributed by atoms with Crippen LogP contribution in [0.3, 0.4) is 0 Å². The minimum Gasteiger partial charge on any atom is -0.322 e. The van der Waals surface area contributed by atoms with E-state index < -0.39 is 5.76 Å². The molecule has 0 aromatic heterocycles. The molecule has 0 saturated heterocycles. The summed E-state index contributed by atoms with van der Waals surface area (Å²) >= 11 is 9.57. The Kier molecular flexibility index (Phi) is 5.61. The SMILES string of the molecule is O=C(Nc1ccc(SC(F)F)cc1)c1ccc(Cl)c(Br)c1. The molecule has 110 valence electrons. The summed E-state index contributed by atoms with van der Waals surface area (Å²) in [5.41, 5.74) is 0.974. The lowest BCUT2D eigenvalue weighted by Gasteiger charge is -2.07. The molecule has 7 heteroatoms. The van der Waals surface area contributed by atoms with E-state index in [0.717, 1.165) is 0 Å². The third kappa shape index (κ3) is 4.69. The van der Waals surface area contributed by atoms with Crippen molar-refractivity contribution in [2.45, 2.75) is 10.7 Å². The molecule has 2 nitrogen and oxygen atoms in total. The Morgan fingerprint density at radius 2 is 1.86 bits per heavy atom. The van der Waals surface area contributed by atoms with Gasteiger partial charge < -0.3 is 5.32 Å². The standard InChI is InChI=1S/C14H9BrClF2NOS/c15-11-7-8(1-6-12(11)16)13(20)19-9-2-4-10(5-3-9)21-14(17)18/h1-7,14H,(H,19,20). The summed E-state index contributed by atoms with van der Waals surface area (Å²) in [6.07, 6.45) is 0. The van der Waals surface area contributed by atoms with Gasteiger partial charge in [-0.15, -0.1) is 0 Å². The van der Waals surface area contributed by atoms with Crippen molar-refractivity contribution in [3.05, 3.63) is 57.5 Å². The summed E-state index contributed by atoms with van der Waals surface area (Å²) in [4.78, 5) is 12.5. The van der Waals surface area contributed by atoms with Crippen LogP contribution in [0.4, 0.5) is 14.5 Å². The highest BCUT2D eigenvalue weighted by Gasteiger charge is 2.09. The maximum atomic E-state index is 12.2. The normalized spacial score (nSPS) is 10.7. The molecule has 0 fully saturated rings. The highest BCUT2D eigenvalue weighted by molar-refractivity contribution is 9.10. The van der Waals surface area contributed by atoms with Crippen LogP contribution in [0.5, 0.6) is 0 Å². The molecule has 2 aromatic carbocycles. The van der Waals surface area contributed by atoms with Crippen LogP contribution in [0.25, 0.3) is 0 Å². The molecule has 0 bridgehead atoms. The van der Waals surface area contributed by atoms with Gasteiger partial charge in [0, 0.05) is 20.6 Å². The molecule has 2 aromatic rings. The first kappa shape index (κ1) is 16.3. The van der Waals surface area contributed by atoms with E-state index in [1.54, 1.807) is 30.3 Å². The Morgan fingerprint density at radius 1 is 1.19 bits per heavy atom. The topological polar surface area (TPSA) is 29.1 Å². The molecule has 0 radical (unpaired) electrons. The number of halogens is 4. The molecule has 0 aliphatic heterocycles. The Balaban J connectivity index is 2.06. The summed E-state index contributed by atoms with van der Waals surface area (Å²) in [7, 11) is 0. The number of nitrogens with one attached hydrogen (secondary N) is 1. The summed E-state index contributed by atoms with van der Waals surface area (Å²) in [5.74, 6) is -2.77. The first-order chi connectivity index (χ1) is 9.95. The van der Waals surface area contributed by atoms with E-state index in [9.17, 15) is 13.6 Å². The summed E-state index contributed by atoms with van der Waals surface area (Å²) in [5, 5.41) is 3.20. The molecule has 0 spiro atoms. The molecule has 0 unspecified atom stereocenters. The van der Waals surface area contributed by atoms with Crippen molar-refractivity contribution in [2.24, 2.45) is 0 Å². The van der Waals surface area contributed by atoms with E-state index in [2.05, 4.69) is 21.2 Å². The number of alkyl halides is 2. The smallest absolute Gasteiger partial charge is 0.288 e. The molecule has 2 rings (SSSR count). The van der Waals surface area contributed by atoms with Gasteiger partial charge in [0.2, 0.25) is 0 Å². The lowest BCUT2D eigenvalue weighted by molar-refractivity contribution is 0.102. The highest BCUT2D eigenvalue weighted by Crippen LogP contribution is 2.27. The van der Waals surface area contributed by atoms with Crippen molar-refractivity contribution >= 4 is 50.9 Å². The number of anilines is 1. The zero-order valence-corrected chi connectivity index (χ0v) is 13.6. The third-order valence-electron chi connectivity index (χ3n) is 2.52. The van der Waals surface area contributed by atoms with Crippen LogP contribution >= 0.6 is 39.3 Å². The van der Waals surface area contributed by atoms with Crippen LogP contribution in [-0.2, 0) is 0 Å². The first-order valence-electron chi connectivity index (χ1n) is 5.77. The van der Waals surface area contributed by atoms with Crippen molar-refractivity contribution in [3.8, 4) is 0 Å². The fourth-order valence-corrected chi connectivity index (χ4v) is 2.56. The Morgan fingerprint density at radius 3 is 2.43 bits per heavy atom. The van der Waals surface area contributed by atoms with Crippen molar-refractivity contribution in [1.29, 1.82) is 0 Å². The molecule has 0 saturated carbocycles. The van der Waals surface area contributed by atoms with E-state index in [-0.39, 0.29) is 5.91 Å². The second-order valence-electron chi connectivity index (χ2n) is 3.99. The molecular weight excluding hydrogens is 384 g/mol.